The zero-order valence-electron chi connectivity index (χ0n) is 15.7. The van der Waals surface area contributed by atoms with Crippen molar-refractivity contribution in [3.63, 3.8) is 0 Å². The zero-order chi connectivity index (χ0) is 21.3. The summed E-state index contributed by atoms with van der Waals surface area (Å²) in [5.74, 6) is 0. The largest absolute Gasteiger partial charge is 0.452 e. The number of methoxy groups -OCH3 is 1. The summed E-state index contributed by atoms with van der Waals surface area (Å²) in [6, 6.07) is 18.4. The van der Waals surface area contributed by atoms with Gasteiger partial charge < -0.3 is 4.74 Å². The Morgan fingerprint density at radius 1 is 1.03 bits per heavy atom. The molecule has 0 aliphatic carbocycles. The molecular weight excluding hydrogens is 406 g/mol. The van der Waals surface area contributed by atoms with E-state index < -0.39 is 11.0 Å². The number of hydrogen-bond donors (Lipinski definition) is 0. The molecule has 0 saturated carbocycles. The molecule has 0 spiro atoms. The van der Waals surface area contributed by atoms with Crippen LogP contribution in [0.1, 0.15) is 0 Å². The second kappa shape index (κ2) is 7.88. The molecule has 0 unspecified atom stereocenters. The first kappa shape index (κ1) is 19.5. The van der Waals surface area contributed by atoms with Gasteiger partial charge in [-0.15, -0.1) is 0 Å². The van der Waals surface area contributed by atoms with Crippen LogP contribution in [-0.2, 0) is 9.53 Å². The number of carbonyl (C=O) groups is 2. The van der Waals surface area contributed by atoms with Crippen LogP contribution in [0, 0.1) is 10.1 Å². The van der Waals surface area contributed by atoms with Gasteiger partial charge >= 0.3 is 6.09 Å². The van der Waals surface area contributed by atoms with Gasteiger partial charge in [0.2, 0.25) is 6.41 Å². The summed E-state index contributed by atoms with van der Waals surface area (Å²) in [5.41, 5.74) is 1.17. The number of amides is 2. The Balaban J connectivity index is 1.97. The molecule has 0 radical (unpaired) electrons. The number of nitro benzene ring substituents is 1. The summed E-state index contributed by atoms with van der Waals surface area (Å²) in [7, 11) is 1.20. The minimum atomic E-state index is -0.813. The number of anilines is 4. The maximum absolute atomic E-state index is 12.8. The molecule has 0 bridgehead atoms. The Labute approximate surface area is 175 Å². The van der Waals surface area contributed by atoms with Gasteiger partial charge in [-0.3, -0.25) is 19.8 Å². The number of rotatable bonds is 4. The number of para-hydroxylation sites is 4. The van der Waals surface area contributed by atoms with Crippen LogP contribution in [0.3, 0.4) is 0 Å². The molecule has 1 aliphatic heterocycles. The van der Waals surface area contributed by atoms with Crippen LogP contribution < -0.4 is 9.80 Å². The van der Waals surface area contributed by atoms with Gasteiger partial charge in [-0.2, -0.15) is 0 Å². The fraction of sp³-hybridized carbons (Fsp3) is 0.0476. The summed E-state index contributed by atoms with van der Waals surface area (Å²) < 4.78 is 4.94. The summed E-state index contributed by atoms with van der Waals surface area (Å²) >= 11 is 1.44. The van der Waals surface area contributed by atoms with Gasteiger partial charge in [-0.05, 0) is 30.3 Å². The number of nitro groups is 1. The molecule has 0 fully saturated rings. The van der Waals surface area contributed by atoms with Crippen LogP contribution in [0.15, 0.2) is 76.5 Å². The van der Waals surface area contributed by atoms with Crippen LogP contribution in [0.2, 0.25) is 0 Å². The standard InChI is InChI=1S/C21H15N3O5S/c1-29-21(26)23(14-7-2-3-8-15(14)24(27)28)17-10-6-12-19-20(17)22(13-25)16-9-4-5-11-18(16)30-19/h2-13H,1H3. The first-order valence-electron chi connectivity index (χ1n) is 8.82. The van der Waals surface area contributed by atoms with E-state index in [1.807, 2.05) is 24.3 Å². The summed E-state index contributed by atoms with van der Waals surface area (Å²) in [6.07, 6.45) is -0.150. The Bertz CT molecular complexity index is 1170. The first-order valence-corrected chi connectivity index (χ1v) is 9.64. The molecule has 0 aromatic heterocycles. The highest BCUT2D eigenvalue weighted by molar-refractivity contribution is 7.99. The Hall–Kier alpha value is -3.85. The van der Waals surface area contributed by atoms with Gasteiger partial charge in [0.05, 0.1) is 29.1 Å². The minimum absolute atomic E-state index is 0.0393. The van der Waals surface area contributed by atoms with Crippen LogP contribution in [-0.4, -0.2) is 24.5 Å². The van der Waals surface area contributed by atoms with Crippen molar-refractivity contribution in [2.45, 2.75) is 9.79 Å². The Morgan fingerprint density at radius 3 is 2.43 bits per heavy atom. The second-order valence-corrected chi connectivity index (χ2v) is 7.30. The molecule has 0 N–H and O–H groups in total. The lowest BCUT2D eigenvalue weighted by Gasteiger charge is -2.32. The van der Waals surface area contributed by atoms with Crippen LogP contribution in [0.4, 0.5) is 33.2 Å². The van der Waals surface area contributed by atoms with E-state index >= 15 is 0 Å². The average Bonchev–Trinajstić information content (AvgIpc) is 2.77. The van der Waals surface area contributed by atoms with Crippen molar-refractivity contribution in [2.75, 3.05) is 16.9 Å². The molecule has 1 heterocycles. The average molecular weight is 421 g/mol. The van der Waals surface area contributed by atoms with Crippen molar-refractivity contribution < 1.29 is 19.2 Å². The number of carbonyl (C=O) groups excluding carboxylic acids is 2. The van der Waals surface area contributed by atoms with E-state index in [0.717, 1.165) is 14.7 Å². The fourth-order valence-corrected chi connectivity index (χ4v) is 4.43. The number of hydrogen-bond acceptors (Lipinski definition) is 6. The maximum atomic E-state index is 12.8. The second-order valence-electron chi connectivity index (χ2n) is 6.22. The molecule has 1 aliphatic rings. The zero-order valence-corrected chi connectivity index (χ0v) is 16.5. The van der Waals surface area contributed by atoms with Gasteiger partial charge in [0, 0.05) is 15.9 Å². The van der Waals surface area contributed by atoms with Crippen molar-refractivity contribution in [1.29, 1.82) is 0 Å². The van der Waals surface area contributed by atoms with E-state index in [4.69, 9.17) is 4.74 Å². The molecule has 0 atom stereocenters. The van der Waals surface area contributed by atoms with Gasteiger partial charge in [0.25, 0.3) is 5.69 Å². The summed E-state index contributed by atoms with van der Waals surface area (Å²) in [6.45, 7) is 0. The van der Waals surface area contributed by atoms with Crippen molar-refractivity contribution in [1.82, 2.24) is 0 Å². The van der Waals surface area contributed by atoms with E-state index in [1.165, 1.54) is 42.0 Å². The van der Waals surface area contributed by atoms with Gasteiger partial charge in [-0.1, -0.05) is 42.1 Å². The Kier molecular flexibility index (Phi) is 5.11. The number of ether oxygens (including phenoxy) is 1. The molecule has 2 amide bonds. The summed E-state index contributed by atoms with van der Waals surface area (Å²) in [5, 5.41) is 11.6. The predicted molar refractivity (Wildman–Crippen MR) is 113 cm³/mol. The smallest absolute Gasteiger partial charge is 0.418 e. The van der Waals surface area contributed by atoms with Gasteiger partial charge in [0.1, 0.15) is 5.69 Å². The first-order chi connectivity index (χ1) is 14.6. The van der Waals surface area contributed by atoms with E-state index in [9.17, 15) is 19.7 Å². The number of nitrogens with zero attached hydrogens (tertiary/aromatic N) is 3. The van der Waals surface area contributed by atoms with Crippen molar-refractivity contribution >= 4 is 52.7 Å². The lowest BCUT2D eigenvalue weighted by molar-refractivity contribution is -0.384. The molecule has 4 rings (SSSR count). The quantitative estimate of drug-likeness (QED) is 0.324. The lowest BCUT2D eigenvalue weighted by Crippen LogP contribution is -2.29. The molecule has 9 heteroatoms. The van der Waals surface area contributed by atoms with Crippen LogP contribution in [0.5, 0.6) is 0 Å². The molecule has 0 saturated heterocycles. The molecule has 3 aromatic rings. The lowest BCUT2D eigenvalue weighted by atomic mass is 10.1. The molecule has 150 valence electrons. The van der Waals surface area contributed by atoms with Crippen LogP contribution >= 0.6 is 11.8 Å². The highest BCUT2D eigenvalue weighted by Gasteiger charge is 2.33. The molecule has 8 nitrogen and oxygen atoms in total. The van der Waals surface area contributed by atoms with Crippen molar-refractivity contribution in [2.24, 2.45) is 0 Å². The molecular formula is C21H15N3O5S. The van der Waals surface area contributed by atoms with Crippen LogP contribution in [0.25, 0.3) is 0 Å². The van der Waals surface area contributed by atoms with E-state index in [1.54, 1.807) is 24.3 Å². The summed E-state index contributed by atoms with van der Waals surface area (Å²) in [4.78, 5) is 40.0. The van der Waals surface area contributed by atoms with E-state index in [0.29, 0.717) is 23.5 Å². The Morgan fingerprint density at radius 2 is 1.70 bits per heavy atom. The highest BCUT2D eigenvalue weighted by Crippen LogP contribution is 2.52. The fourth-order valence-electron chi connectivity index (χ4n) is 3.33. The third-order valence-electron chi connectivity index (χ3n) is 4.59. The number of benzene rings is 3. The molecule has 30 heavy (non-hydrogen) atoms. The van der Waals surface area contributed by atoms with Gasteiger partial charge in [0.15, 0.2) is 0 Å². The third-order valence-corrected chi connectivity index (χ3v) is 5.70. The van der Waals surface area contributed by atoms with Crippen molar-refractivity contribution in [3.8, 4) is 0 Å². The highest BCUT2D eigenvalue weighted by atomic mass is 32.2. The van der Waals surface area contributed by atoms with Gasteiger partial charge in [-0.25, -0.2) is 9.69 Å². The normalized spacial score (nSPS) is 11.8. The molecule has 3 aromatic carbocycles. The van der Waals surface area contributed by atoms with E-state index in [-0.39, 0.29) is 11.4 Å². The van der Waals surface area contributed by atoms with E-state index in [2.05, 4.69) is 0 Å². The minimum Gasteiger partial charge on any atom is -0.452 e. The SMILES string of the molecule is COC(=O)N(c1ccccc1[N+](=O)[O-])c1cccc2c1N(C=O)c1ccccc1S2. The monoisotopic (exact) mass is 421 g/mol. The third kappa shape index (κ3) is 3.15. The number of fused-ring (bicyclic) bond motifs is 2. The predicted octanol–water partition coefficient (Wildman–Crippen LogP) is 5.26. The van der Waals surface area contributed by atoms with Crippen molar-refractivity contribution in [3.05, 3.63) is 76.8 Å². The topological polar surface area (TPSA) is 93.0 Å². The maximum Gasteiger partial charge on any atom is 0.418 e.